The Balaban J connectivity index is 2.04. The molecule has 2 rings (SSSR count). The van der Waals surface area contributed by atoms with Crippen LogP contribution in [0.15, 0.2) is 30.3 Å². The number of rotatable bonds is 3. The molecule has 17 heavy (non-hydrogen) atoms. The number of carbonyl (C=O) groups excluding carboxylic acids is 1. The van der Waals surface area contributed by atoms with Crippen LogP contribution < -0.4 is 5.73 Å². The molecule has 0 saturated heterocycles. The minimum Gasteiger partial charge on any atom is -0.319 e. The Labute approximate surface area is 103 Å². The summed E-state index contributed by atoms with van der Waals surface area (Å²) >= 11 is 0. The second kappa shape index (κ2) is 5.01. The van der Waals surface area contributed by atoms with Gasteiger partial charge in [0.2, 0.25) is 0 Å². The van der Waals surface area contributed by atoms with Crippen LogP contribution in [0.3, 0.4) is 0 Å². The molecule has 1 aromatic carbocycles. The minimum absolute atomic E-state index is 0.204. The maximum absolute atomic E-state index is 12.3. The number of nitrogens with two attached hydrogens (primary N) is 1. The van der Waals surface area contributed by atoms with Crippen LogP contribution in [0.4, 0.5) is 0 Å². The maximum atomic E-state index is 12.3. The molecule has 0 radical (unpaired) electrons. The monoisotopic (exact) mass is 231 g/mol. The highest BCUT2D eigenvalue weighted by Crippen LogP contribution is 2.31. The molecule has 0 aliphatic heterocycles. The fourth-order valence-corrected chi connectivity index (χ4v) is 2.80. The standard InChI is InChI=1S/C15H21NO/c1-12-6-5-9-15(16,11-12)14(17)10-13-7-3-2-4-8-13/h2-4,7-8,12H,5-6,9-11,16H2,1H3. The van der Waals surface area contributed by atoms with Gasteiger partial charge >= 0.3 is 0 Å². The molecular formula is C15H21NO. The minimum atomic E-state index is -0.576. The smallest absolute Gasteiger partial charge is 0.157 e. The summed E-state index contributed by atoms with van der Waals surface area (Å²) in [5.74, 6) is 0.781. The molecule has 1 aromatic rings. The second-order valence-electron chi connectivity index (χ2n) is 5.44. The summed E-state index contributed by atoms with van der Waals surface area (Å²) in [6.07, 6.45) is 4.46. The number of hydrogen-bond acceptors (Lipinski definition) is 2. The zero-order valence-electron chi connectivity index (χ0n) is 10.5. The van der Waals surface area contributed by atoms with E-state index in [0.29, 0.717) is 12.3 Å². The van der Waals surface area contributed by atoms with Crippen LogP contribution in [-0.2, 0) is 11.2 Å². The molecule has 2 N–H and O–H groups in total. The molecule has 1 aliphatic rings. The van der Waals surface area contributed by atoms with Gasteiger partial charge in [0.15, 0.2) is 5.78 Å². The average Bonchev–Trinajstić information content (AvgIpc) is 2.30. The Morgan fingerprint density at radius 3 is 2.76 bits per heavy atom. The highest BCUT2D eigenvalue weighted by Gasteiger charge is 2.37. The van der Waals surface area contributed by atoms with Gasteiger partial charge in [0.25, 0.3) is 0 Å². The summed E-state index contributed by atoms with van der Waals surface area (Å²) in [5, 5.41) is 0. The molecule has 2 heteroatoms. The summed E-state index contributed by atoms with van der Waals surface area (Å²) in [6, 6.07) is 9.89. The Hall–Kier alpha value is -1.15. The molecule has 1 saturated carbocycles. The Kier molecular flexibility index (Phi) is 3.63. The Morgan fingerprint density at radius 1 is 1.41 bits per heavy atom. The summed E-state index contributed by atoms with van der Waals surface area (Å²) in [7, 11) is 0. The van der Waals surface area contributed by atoms with Gasteiger partial charge < -0.3 is 5.73 Å². The molecule has 92 valence electrons. The van der Waals surface area contributed by atoms with Gasteiger partial charge in [-0.15, -0.1) is 0 Å². The fraction of sp³-hybridized carbons (Fsp3) is 0.533. The number of carbonyl (C=O) groups is 1. The lowest BCUT2D eigenvalue weighted by molar-refractivity contribution is -0.125. The van der Waals surface area contributed by atoms with Gasteiger partial charge in [-0.05, 0) is 24.3 Å². The molecule has 0 amide bonds. The Morgan fingerprint density at radius 2 is 2.12 bits per heavy atom. The average molecular weight is 231 g/mol. The van der Waals surface area contributed by atoms with Crippen LogP contribution in [0.2, 0.25) is 0 Å². The van der Waals surface area contributed by atoms with E-state index in [-0.39, 0.29) is 5.78 Å². The normalized spacial score (nSPS) is 28.9. The third-order valence-corrected chi connectivity index (χ3v) is 3.80. The lowest BCUT2D eigenvalue weighted by atomic mass is 9.73. The van der Waals surface area contributed by atoms with Crippen molar-refractivity contribution in [1.82, 2.24) is 0 Å². The first-order chi connectivity index (χ1) is 8.10. The van der Waals surface area contributed by atoms with Crippen molar-refractivity contribution in [1.29, 1.82) is 0 Å². The Bertz CT molecular complexity index is 387. The zero-order chi connectivity index (χ0) is 12.3. The predicted octanol–water partition coefficient (Wildman–Crippen LogP) is 2.71. The molecule has 2 unspecified atom stereocenters. The van der Waals surface area contributed by atoms with Gasteiger partial charge in [0.05, 0.1) is 5.54 Å². The van der Waals surface area contributed by atoms with Gasteiger partial charge in [-0.3, -0.25) is 4.79 Å². The third-order valence-electron chi connectivity index (χ3n) is 3.80. The van der Waals surface area contributed by atoms with Crippen LogP contribution in [0.5, 0.6) is 0 Å². The zero-order valence-corrected chi connectivity index (χ0v) is 10.5. The first-order valence-corrected chi connectivity index (χ1v) is 6.46. The van der Waals surface area contributed by atoms with Crippen molar-refractivity contribution in [3.63, 3.8) is 0 Å². The van der Waals surface area contributed by atoms with Crippen LogP contribution >= 0.6 is 0 Å². The van der Waals surface area contributed by atoms with E-state index in [2.05, 4.69) is 6.92 Å². The highest BCUT2D eigenvalue weighted by atomic mass is 16.1. The van der Waals surface area contributed by atoms with Crippen molar-refractivity contribution in [3.8, 4) is 0 Å². The number of ketones is 1. The van der Waals surface area contributed by atoms with Crippen molar-refractivity contribution in [2.45, 2.75) is 44.6 Å². The lowest BCUT2D eigenvalue weighted by Gasteiger charge is -2.35. The van der Waals surface area contributed by atoms with Gasteiger partial charge in [-0.2, -0.15) is 0 Å². The summed E-state index contributed by atoms with van der Waals surface area (Å²) in [4.78, 5) is 12.3. The van der Waals surface area contributed by atoms with Gasteiger partial charge in [-0.25, -0.2) is 0 Å². The van der Waals surface area contributed by atoms with Crippen molar-refractivity contribution in [3.05, 3.63) is 35.9 Å². The van der Waals surface area contributed by atoms with Crippen LogP contribution in [0, 0.1) is 5.92 Å². The molecule has 1 aliphatic carbocycles. The molecule has 2 atom stereocenters. The predicted molar refractivity (Wildman–Crippen MR) is 69.7 cm³/mol. The van der Waals surface area contributed by atoms with Gasteiger partial charge in [-0.1, -0.05) is 50.1 Å². The molecule has 0 bridgehead atoms. The molecule has 0 spiro atoms. The molecule has 1 fully saturated rings. The first-order valence-electron chi connectivity index (χ1n) is 6.46. The van der Waals surface area contributed by atoms with E-state index in [1.807, 2.05) is 30.3 Å². The van der Waals surface area contributed by atoms with Crippen LogP contribution in [0.25, 0.3) is 0 Å². The second-order valence-corrected chi connectivity index (χ2v) is 5.44. The van der Waals surface area contributed by atoms with Gasteiger partial charge in [0.1, 0.15) is 0 Å². The van der Waals surface area contributed by atoms with Crippen molar-refractivity contribution in [2.75, 3.05) is 0 Å². The van der Waals surface area contributed by atoms with E-state index in [1.54, 1.807) is 0 Å². The largest absolute Gasteiger partial charge is 0.319 e. The number of hydrogen-bond donors (Lipinski definition) is 1. The summed E-state index contributed by atoms with van der Waals surface area (Å²) < 4.78 is 0. The first kappa shape index (κ1) is 12.3. The molecular weight excluding hydrogens is 210 g/mol. The van der Waals surface area contributed by atoms with E-state index < -0.39 is 5.54 Å². The lowest BCUT2D eigenvalue weighted by Crippen LogP contribution is -2.51. The summed E-state index contributed by atoms with van der Waals surface area (Å²) in [5.41, 5.74) is 6.79. The highest BCUT2D eigenvalue weighted by molar-refractivity contribution is 5.90. The van der Waals surface area contributed by atoms with E-state index in [1.165, 1.54) is 6.42 Å². The van der Waals surface area contributed by atoms with E-state index >= 15 is 0 Å². The van der Waals surface area contributed by atoms with Crippen molar-refractivity contribution in [2.24, 2.45) is 11.7 Å². The molecule has 0 aromatic heterocycles. The maximum Gasteiger partial charge on any atom is 0.157 e. The van der Waals surface area contributed by atoms with E-state index in [4.69, 9.17) is 5.73 Å². The number of benzene rings is 1. The topological polar surface area (TPSA) is 43.1 Å². The van der Waals surface area contributed by atoms with Crippen molar-refractivity contribution < 1.29 is 4.79 Å². The van der Waals surface area contributed by atoms with E-state index in [9.17, 15) is 4.79 Å². The third kappa shape index (κ3) is 2.95. The van der Waals surface area contributed by atoms with E-state index in [0.717, 1.165) is 24.8 Å². The van der Waals surface area contributed by atoms with Gasteiger partial charge in [0, 0.05) is 6.42 Å². The van der Waals surface area contributed by atoms with Crippen LogP contribution in [-0.4, -0.2) is 11.3 Å². The fourth-order valence-electron chi connectivity index (χ4n) is 2.80. The van der Waals surface area contributed by atoms with Crippen molar-refractivity contribution >= 4 is 5.78 Å². The number of Topliss-reactive ketones (excluding diaryl/α,β-unsaturated/α-hetero) is 1. The SMILES string of the molecule is CC1CCCC(N)(C(=O)Cc2ccccc2)C1. The summed E-state index contributed by atoms with van der Waals surface area (Å²) in [6.45, 7) is 2.19. The quantitative estimate of drug-likeness (QED) is 0.869. The van der Waals surface area contributed by atoms with Crippen LogP contribution in [0.1, 0.15) is 38.2 Å². The molecule has 0 heterocycles. The molecule has 2 nitrogen and oxygen atoms in total.